The smallest absolute Gasteiger partial charge is 0.349 e. The largest absolute Gasteiger partial charge is 0.434 e. The summed E-state index contributed by atoms with van der Waals surface area (Å²) in [6, 6.07) is 13.3. The maximum absolute atomic E-state index is 13.6. The summed E-state index contributed by atoms with van der Waals surface area (Å²) in [4.78, 5) is 33.7. The second-order valence-electron chi connectivity index (χ2n) is 9.44. The van der Waals surface area contributed by atoms with Crippen molar-refractivity contribution in [2.24, 2.45) is 5.92 Å². The van der Waals surface area contributed by atoms with Gasteiger partial charge in [-0.25, -0.2) is 14.8 Å². The molecule has 0 atom stereocenters. The number of nitrogens with zero attached hydrogens (tertiary/aromatic N) is 5. The lowest BCUT2D eigenvalue weighted by molar-refractivity contribution is -0.141. The zero-order chi connectivity index (χ0) is 27.7. The Labute approximate surface area is 225 Å². The summed E-state index contributed by atoms with van der Waals surface area (Å²) in [5.74, 6) is -0.761. The van der Waals surface area contributed by atoms with E-state index in [1.807, 2.05) is 30.3 Å². The molecular weight excluding hydrogens is 533 g/mol. The zero-order valence-corrected chi connectivity index (χ0v) is 21.2. The third kappa shape index (κ3) is 5.25. The average Bonchev–Trinajstić information content (AvgIpc) is 3.19. The van der Waals surface area contributed by atoms with E-state index in [2.05, 4.69) is 15.3 Å². The molecule has 0 bridgehead atoms. The maximum atomic E-state index is 13.6. The van der Waals surface area contributed by atoms with Gasteiger partial charge < -0.3 is 5.32 Å². The lowest BCUT2D eigenvalue weighted by Gasteiger charge is -2.29. The van der Waals surface area contributed by atoms with Gasteiger partial charge in [0.05, 0.1) is 27.3 Å². The van der Waals surface area contributed by atoms with E-state index in [0.717, 1.165) is 17.8 Å². The van der Waals surface area contributed by atoms with Gasteiger partial charge in [-0.1, -0.05) is 23.7 Å². The van der Waals surface area contributed by atoms with Crippen LogP contribution in [0.25, 0.3) is 16.7 Å². The van der Waals surface area contributed by atoms with Crippen LogP contribution in [-0.2, 0) is 12.7 Å². The molecule has 3 aromatic heterocycles. The number of aromatic nitrogens is 4. The van der Waals surface area contributed by atoms with Gasteiger partial charge in [0.1, 0.15) is 6.07 Å². The highest BCUT2D eigenvalue weighted by Crippen LogP contribution is 2.32. The first kappa shape index (κ1) is 26.4. The van der Waals surface area contributed by atoms with Crippen LogP contribution in [0, 0.1) is 17.2 Å². The highest BCUT2D eigenvalue weighted by molar-refractivity contribution is 6.30. The molecule has 1 aromatic carbocycles. The standard InChI is InChI=1S/C27H22ClF3N6O2/c28-17-12-19(24(34-14-17)27(29,30)31)25(38)35-18-9-7-16(8-10-18)15-36-22-4-1-2-5-23(22)37(26(36)39)21-6-3-11-33-20(21)13-32/h1-6,11-12,14,16,18H,7-10,15H2,(H,35,38). The van der Waals surface area contributed by atoms with Gasteiger partial charge in [0.25, 0.3) is 5.91 Å². The number of fused-ring (bicyclic) bond motifs is 1. The molecule has 1 saturated carbocycles. The number of imidazole rings is 1. The molecule has 0 radical (unpaired) electrons. The number of hydrogen-bond acceptors (Lipinski definition) is 5. The Hall–Kier alpha value is -4.17. The van der Waals surface area contributed by atoms with E-state index >= 15 is 0 Å². The number of amides is 1. The molecule has 0 saturated heterocycles. The van der Waals surface area contributed by atoms with Crippen LogP contribution >= 0.6 is 11.6 Å². The van der Waals surface area contributed by atoms with Crippen molar-refractivity contribution in [2.45, 2.75) is 44.4 Å². The van der Waals surface area contributed by atoms with E-state index in [-0.39, 0.29) is 28.4 Å². The quantitative estimate of drug-likeness (QED) is 0.369. The molecule has 1 aliphatic carbocycles. The van der Waals surface area contributed by atoms with Crippen LogP contribution in [0.4, 0.5) is 13.2 Å². The number of pyridine rings is 2. The SMILES string of the molecule is N#Cc1ncccc1-n1c(=O)n(CC2CCC(NC(=O)c3cc(Cl)cnc3C(F)(F)F)CC2)c2ccccc21. The maximum Gasteiger partial charge on any atom is 0.434 e. The molecule has 1 fully saturated rings. The number of rotatable bonds is 5. The Morgan fingerprint density at radius 3 is 2.51 bits per heavy atom. The predicted molar refractivity (Wildman–Crippen MR) is 138 cm³/mol. The monoisotopic (exact) mass is 554 g/mol. The number of alkyl halides is 3. The topological polar surface area (TPSA) is 106 Å². The number of nitrogens with one attached hydrogen (secondary N) is 1. The van der Waals surface area contributed by atoms with E-state index in [0.29, 0.717) is 43.4 Å². The molecule has 4 aromatic rings. The Balaban J connectivity index is 1.32. The van der Waals surface area contributed by atoms with Crippen molar-refractivity contribution in [3.63, 3.8) is 0 Å². The van der Waals surface area contributed by atoms with Crippen molar-refractivity contribution in [1.29, 1.82) is 5.26 Å². The molecule has 8 nitrogen and oxygen atoms in total. The number of hydrogen-bond donors (Lipinski definition) is 1. The van der Waals surface area contributed by atoms with Crippen LogP contribution in [0.5, 0.6) is 0 Å². The molecule has 200 valence electrons. The molecular formula is C27H22ClF3N6O2. The van der Waals surface area contributed by atoms with Gasteiger partial charge in [-0.05, 0) is 61.9 Å². The van der Waals surface area contributed by atoms with Gasteiger partial charge in [0, 0.05) is 25.0 Å². The highest BCUT2D eigenvalue weighted by Gasteiger charge is 2.38. The molecule has 1 amide bonds. The van der Waals surface area contributed by atoms with E-state index < -0.39 is 23.3 Å². The molecule has 5 rings (SSSR count). The molecule has 12 heteroatoms. The number of benzene rings is 1. The Morgan fingerprint density at radius 2 is 1.82 bits per heavy atom. The molecule has 1 N–H and O–H groups in total. The van der Waals surface area contributed by atoms with Crippen LogP contribution in [-0.4, -0.2) is 31.1 Å². The first-order chi connectivity index (χ1) is 18.7. The third-order valence-corrected chi connectivity index (χ3v) is 7.17. The van der Waals surface area contributed by atoms with Crippen LogP contribution in [0.3, 0.4) is 0 Å². The molecule has 3 heterocycles. The summed E-state index contributed by atoms with van der Waals surface area (Å²) in [5.41, 5.74) is -0.250. The van der Waals surface area contributed by atoms with Gasteiger partial charge in [0.15, 0.2) is 11.4 Å². The first-order valence-corrected chi connectivity index (χ1v) is 12.6. The summed E-state index contributed by atoms with van der Waals surface area (Å²) in [6.45, 7) is 0.422. The van der Waals surface area contributed by atoms with Crippen molar-refractivity contribution in [3.05, 3.63) is 87.3 Å². The van der Waals surface area contributed by atoms with Crippen LogP contribution in [0.1, 0.15) is 47.4 Å². The van der Waals surface area contributed by atoms with Gasteiger partial charge in [-0.15, -0.1) is 0 Å². The number of para-hydroxylation sites is 2. The predicted octanol–water partition coefficient (Wildman–Crippen LogP) is 5.11. The summed E-state index contributed by atoms with van der Waals surface area (Å²) in [6.07, 6.45) is -0.0246. The summed E-state index contributed by atoms with van der Waals surface area (Å²) >= 11 is 5.80. The molecule has 0 unspecified atom stereocenters. The fraction of sp³-hybridized carbons (Fsp3) is 0.296. The van der Waals surface area contributed by atoms with Crippen LogP contribution in [0.2, 0.25) is 5.02 Å². The van der Waals surface area contributed by atoms with E-state index in [4.69, 9.17) is 11.6 Å². The fourth-order valence-corrected chi connectivity index (χ4v) is 5.29. The molecule has 1 aliphatic rings. The van der Waals surface area contributed by atoms with Crippen molar-refractivity contribution in [2.75, 3.05) is 0 Å². The normalized spacial score (nSPS) is 17.6. The first-order valence-electron chi connectivity index (χ1n) is 12.3. The number of carbonyl (C=O) groups excluding carboxylic acids is 1. The summed E-state index contributed by atoms with van der Waals surface area (Å²) in [5, 5.41) is 12.1. The number of halogens is 4. The van der Waals surface area contributed by atoms with Gasteiger partial charge in [0.2, 0.25) is 0 Å². The molecule has 0 aliphatic heterocycles. The van der Waals surface area contributed by atoms with E-state index in [9.17, 15) is 28.0 Å². The lowest BCUT2D eigenvalue weighted by Crippen LogP contribution is -2.39. The third-order valence-electron chi connectivity index (χ3n) is 6.96. The molecule has 0 spiro atoms. The second kappa shape index (κ2) is 10.5. The van der Waals surface area contributed by atoms with Crippen molar-refractivity contribution in [1.82, 2.24) is 24.4 Å². The minimum absolute atomic E-state index is 0.0605. The average molecular weight is 555 g/mol. The lowest BCUT2D eigenvalue weighted by atomic mass is 9.85. The minimum Gasteiger partial charge on any atom is -0.349 e. The Kier molecular flexibility index (Phi) is 7.14. The van der Waals surface area contributed by atoms with Gasteiger partial charge >= 0.3 is 11.9 Å². The summed E-state index contributed by atoms with van der Waals surface area (Å²) < 4.78 is 43.2. The highest BCUT2D eigenvalue weighted by atomic mass is 35.5. The molecule has 39 heavy (non-hydrogen) atoms. The van der Waals surface area contributed by atoms with Crippen molar-refractivity contribution in [3.8, 4) is 11.8 Å². The fourth-order valence-electron chi connectivity index (χ4n) is 5.13. The zero-order valence-electron chi connectivity index (χ0n) is 20.5. The van der Waals surface area contributed by atoms with Crippen LogP contribution in [0.15, 0.2) is 59.7 Å². The van der Waals surface area contributed by atoms with Crippen molar-refractivity contribution >= 4 is 28.5 Å². The van der Waals surface area contributed by atoms with Gasteiger partial charge in [-0.2, -0.15) is 18.4 Å². The van der Waals surface area contributed by atoms with Crippen LogP contribution < -0.4 is 11.0 Å². The van der Waals surface area contributed by atoms with Crippen molar-refractivity contribution < 1.29 is 18.0 Å². The minimum atomic E-state index is -4.79. The van der Waals surface area contributed by atoms with E-state index in [1.165, 1.54) is 10.8 Å². The Bertz CT molecular complexity index is 1650. The second-order valence-corrected chi connectivity index (χ2v) is 9.88. The summed E-state index contributed by atoms with van der Waals surface area (Å²) in [7, 11) is 0. The number of nitriles is 1. The number of carbonyl (C=O) groups is 1. The van der Waals surface area contributed by atoms with E-state index in [1.54, 1.807) is 16.7 Å². The van der Waals surface area contributed by atoms with Gasteiger partial charge in [-0.3, -0.25) is 13.9 Å². The Morgan fingerprint density at radius 1 is 1.10 bits per heavy atom.